The molecule has 106 valence electrons. The Morgan fingerprint density at radius 3 is 2.40 bits per heavy atom. The molecule has 0 aliphatic rings. The fraction of sp³-hybridized carbons (Fsp3) is 0.333. The molecule has 0 unspecified atom stereocenters. The predicted octanol–water partition coefficient (Wildman–Crippen LogP) is 4.06. The Hall–Kier alpha value is -1.96. The largest absolute Gasteiger partial charge is 0.295 e. The lowest BCUT2D eigenvalue weighted by molar-refractivity contribution is -0.115. The minimum Gasteiger partial charge on any atom is -0.295 e. The standard InChI is InChI=1S/C18H22O2/c1-3-17(19)11-7-8-15(2)14-18(20)13-12-16-9-5-4-6-10-16/h3-6,9-10,14H,1,7-8,11-13H2,2H3/b15-14+. The lowest BCUT2D eigenvalue weighted by atomic mass is 10.0. The minimum atomic E-state index is 0.0632. The normalized spacial score (nSPS) is 11.2. The molecule has 0 aromatic heterocycles. The van der Waals surface area contributed by atoms with Crippen molar-refractivity contribution in [3.8, 4) is 0 Å². The van der Waals surface area contributed by atoms with E-state index in [-0.39, 0.29) is 11.6 Å². The van der Waals surface area contributed by atoms with E-state index in [0.717, 1.165) is 24.8 Å². The molecule has 0 amide bonds. The van der Waals surface area contributed by atoms with Gasteiger partial charge < -0.3 is 0 Å². The van der Waals surface area contributed by atoms with Gasteiger partial charge in [-0.05, 0) is 43.9 Å². The molecule has 0 aliphatic heterocycles. The van der Waals surface area contributed by atoms with Crippen molar-refractivity contribution in [3.05, 3.63) is 60.2 Å². The third-order valence-corrected chi connectivity index (χ3v) is 3.13. The Morgan fingerprint density at radius 1 is 1.05 bits per heavy atom. The molecule has 0 aliphatic carbocycles. The highest BCUT2D eigenvalue weighted by molar-refractivity contribution is 5.90. The average Bonchev–Trinajstić information content (AvgIpc) is 2.46. The molecule has 2 nitrogen and oxygen atoms in total. The van der Waals surface area contributed by atoms with Gasteiger partial charge in [0, 0.05) is 12.8 Å². The van der Waals surface area contributed by atoms with Gasteiger partial charge in [0.15, 0.2) is 11.6 Å². The maximum atomic E-state index is 11.8. The van der Waals surface area contributed by atoms with Gasteiger partial charge in [0.05, 0.1) is 0 Å². The summed E-state index contributed by atoms with van der Waals surface area (Å²) < 4.78 is 0. The van der Waals surface area contributed by atoms with Gasteiger partial charge >= 0.3 is 0 Å². The smallest absolute Gasteiger partial charge is 0.155 e. The summed E-state index contributed by atoms with van der Waals surface area (Å²) in [6.07, 6.45) is 6.44. The van der Waals surface area contributed by atoms with E-state index in [1.807, 2.05) is 37.3 Å². The summed E-state index contributed by atoms with van der Waals surface area (Å²) in [6.45, 7) is 5.38. The van der Waals surface area contributed by atoms with Gasteiger partial charge in [-0.3, -0.25) is 9.59 Å². The average molecular weight is 270 g/mol. The predicted molar refractivity (Wildman–Crippen MR) is 82.6 cm³/mol. The molecule has 1 aromatic rings. The number of ketones is 2. The molecule has 2 heteroatoms. The molecule has 0 bridgehead atoms. The first-order chi connectivity index (χ1) is 9.61. The van der Waals surface area contributed by atoms with Crippen LogP contribution >= 0.6 is 0 Å². The van der Waals surface area contributed by atoms with Gasteiger partial charge in [0.2, 0.25) is 0 Å². The Balaban J connectivity index is 2.30. The summed E-state index contributed by atoms with van der Waals surface area (Å²) in [5.41, 5.74) is 2.23. The highest BCUT2D eigenvalue weighted by atomic mass is 16.1. The number of hydrogen-bond donors (Lipinski definition) is 0. The van der Waals surface area contributed by atoms with Gasteiger partial charge in [-0.15, -0.1) is 0 Å². The quantitative estimate of drug-likeness (QED) is 0.634. The zero-order chi connectivity index (χ0) is 14.8. The Labute approximate surface area is 121 Å². The van der Waals surface area contributed by atoms with Crippen molar-refractivity contribution >= 4 is 11.6 Å². The van der Waals surface area contributed by atoms with Crippen LogP contribution in [0.1, 0.15) is 38.2 Å². The van der Waals surface area contributed by atoms with Gasteiger partial charge in [-0.2, -0.15) is 0 Å². The molecular formula is C18H22O2. The maximum absolute atomic E-state index is 11.8. The van der Waals surface area contributed by atoms with Crippen LogP contribution in [0.2, 0.25) is 0 Å². The van der Waals surface area contributed by atoms with Gasteiger partial charge in [0.1, 0.15) is 0 Å². The molecule has 0 spiro atoms. The first-order valence-electron chi connectivity index (χ1n) is 7.01. The van der Waals surface area contributed by atoms with E-state index in [4.69, 9.17) is 0 Å². The lowest BCUT2D eigenvalue weighted by Gasteiger charge is -2.01. The second kappa shape index (κ2) is 9.03. The van der Waals surface area contributed by atoms with Crippen LogP contribution in [0.25, 0.3) is 0 Å². The summed E-state index contributed by atoms with van der Waals surface area (Å²) in [6, 6.07) is 10.0. The fourth-order valence-corrected chi connectivity index (χ4v) is 1.97. The van der Waals surface area contributed by atoms with Crippen molar-refractivity contribution in [2.75, 3.05) is 0 Å². The van der Waals surface area contributed by atoms with Gasteiger partial charge in [-0.1, -0.05) is 42.5 Å². The maximum Gasteiger partial charge on any atom is 0.155 e. The number of benzene rings is 1. The molecule has 0 N–H and O–H groups in total. The molecule has 0 radical (unpaired) electrons. The number of allylic oxidation sites excluding steroid dienone is 3. The highest BCUT2D eigenvalue weighted by Crippen LogP contribution is 2.09. The SMILES string of the molecule is C=CC(=O)CCC/C(C)=C/C(=O)CCc1ccccc1. The topological polar surface area (TPSA) is 34.1 Å². The van der Waals surface area contributed by atoms with E-state index in [1.165, 1.54) is 11.6 Å². The Bertz CT molecular complexity index is 483. The van der Waals surface area contributed by atoms with Crippen molar-refractivity contribution in [1.82, 2.24) is 0 Å². The molecule has 20 heavy (non-hydrogen) atoms. The van der Waals surface area contributed by atoms with Crippen LogP contribution in [0.3, 0.4) is 0 Å². The third kappa shape index (κ3) is 6.83. The van der Waals surface area contributed by atoms with Crippen LogP contribution in [0.5, 0.6) is 0 Å². The van der Waals surface area contributed by atoms with E-state index < -0.39 is 0 Å². The summed E-state index contributed by atoms with van der Waals surface area (Å²) in [4.78, 5) is 22.9. The molecule has 0 saturated heterocycles. The zero-order valence-corrected chi connectivity index (χ0v) is 12.1. The number of aryl methyl sites for hydroxylation is 1. The molecule has 0 fully saturated rings. The molecule has 0 heterocycles. The molecule has 0 atom stereocenters. The van der Waals surface area contributed by atoms with E-state index in [0.29, 0.717) is 12.8 Å². The van der Waals surface area contributed by atoms with E-state index in [2.05, 4.69) is 6.58 Å². The van der Waals surface area contributed by atoms with Gasteiger partial charge in [-0.25, -0.2) is 0 Å². The second-order valence-corrected chi connectivity index (χ2v) is 4.97. The highest BCUT2D eigenvalue weighted by Gasteiger charge is 2.02. The van der Waals surface area contributed by atoms with Crippen LogP contribution in [0.4, 0.5) is 0 Å². The summed E-state index contributed by atoms with van der Waals surface area (Å²) >= 11 is 0. The molecule has 1 rings (SSSR count). The fourth-order valence-electron chi connectivity index (χ4n) is 1.97. The van der Waals surface area contributed by atoms with Crippen LogP contribution < -0.4 is 0 Å². The summed E-state index contributed by atoms with van der Waals surface area (Å²) in [5.74, 6) is 0.217. The van der Waals surface area contributed by atoms with Crippen molar-refractivity contribution in [2.45, 2.75) is 39.0 Å². The van der Waals surface area contributed by atoms with Crippen molar-refractivity contribution in [3.63, 3.8) is 0 Å². The first kappa shape index (κ1) is 16.1. The van der Waals surface area contributed by atoms with Crippen LogP contribution in [0.15, 0.2) is 54.6 Å². The number of carbonyl (C=O) groups excluding carboxylic acids is 2. The molecule has 0 saturated carbocycles. The second-order valence-electron chi connectivity index (χ2n) is 4.97. The lowest BCUT2D eigenvalue weighted by Crippen LogP contribution is -1.98. The number of carbonyl (C=O) groups is 2. The first-order valence-corrected chi connectivity index (χ1v) is 7.01. The Morgan fingerprint density at radius 2 is 1.75 bits per heavy atom. The van der Waals surface area contributed by atoms with E-state index in [9.17, 15) is 9.59 Å². The van der Waals surface area contributed by atoms with E-state index >= 15 is 0 Å². The minimum absolute atomic E-state index is 0.0632. The third-order valence-electron chi connectivity index (χ3n) is 3.13. The monoisotopic (exact) mass is 270 g/mol. The Kier molecular flexibility index (Phi) is 7.26. The number of hydrogen-bond acceptors (Lipinski definition) is 2. The van der Waals surface area contributed by atoms with Crippen molar-refractivity contribution in [1.29, 1.82) is 0 Å². The van der Waals surface area contributed by atoms with Gasteiger partial charge in [0.25, 0.3) is 0 Å². The summed E-state index contributed by atoms with van der Waals surface area (Å²) in [7, 11) is 0. The van der Waals surface area contributed by atoms with Crippen molar-refractivity contribution < 1.29 is 9.59 Å². The van der Waals surface area contributed by atoms with E-state index in [1.54, 1.807) is 6.08 Å². The zero-order valence-electron chi connectivity index (χ0n) is 12.1. The summed E-state index contributed by atoms with van der Waals surface area (Å²) in [5, 5.41) is 0. The van der Waals surface area contributed by atoms with Crippen LogP contribution in [-0.4, -0.2) is 11.6 Å². The number of rotatable bonds is 9. The molecule has 1 aromatic carbocycles. The van der Waals surface area contributed by atoms with Crippen molar-refractivity contribution in [2.24, 2.45) is 0 Å². The molecular weight excluding hydrogens is 248 g/mol. The van der Waals surface area contributed by atoms with Crippen LogP contribution in [-0.2, 0) is 16.0 Å². The van der Waals surface area contributed by atoms with Crippen LogP contribution in [0, 0.1) is 0 Å².